The van der Waals surface area contributed by atoms with Crippen LogP contribution in [-0.2, 0) is 0 Å². The van der Waals surface area contributed by atoms with Crippen LogP contribution in [0.1, 0.15) is 0 Å². The largest absolute Gasteiger partial charge is 0.206 e. The van der Waals surface area contributed by atoms with Crippen LogP contribution in [-0.4, -0.2) is 10.1 Å². The van der Waals surface area contributed by atoms with Gasteiger partial charge < -0.3 is 0 Å². The first kappa shape index (κ1) is 12.4. The Morgan fingerprint density at radius 2 is 1.25 bits per heavy atom. The van der Waals surface area contributed by atoms with Gasteiger partial charge >= 0.3 is 0 Å². The third-order valence-electron chi connectivity index (χ3n) is 1.68. The van der Waals surface area contributed by atoms with Crippen LogP contribution in [0.15, 0.2) is 27.0 Å². The molecule has 0 bridgehead atoms. The number of nitriles is 2. The number of fused-ring (bicyclic) bond motifs is 1. The van der Waals surface area contributed by atoms with Crippen molar-refractivity contribution in [1.29, 1.82) is 10.5 Å². The SMILES string of the molecule is N#CN=C1SC2=C(I)C(=NC#N)SC2=C1I. The van der Waals surface area contributed by atoms with Gasteiger partial charge in [0, 0.05) is 9.81 Å². The molecule has 0 aromatic rings. The van der Waals surface area contributed by atoms with E-state index >= 15 is 0 Å². The highest BCUT2D eigenvalue weighted by Crippen LogP contribution is 2.55. The molecule has 0 aromatic carbocycles. The molecule has 0 fully saturated rings. The summed E-state index contributed by atoms with van der Waals surface area (Å²) in [6.45, 7) is 0. The smallest absolute Gasteiger partial charge is 0.170 e. The van der Waals surface area contributed by atoms with Gasteiger partial charge in [-0.1, -0.05) is 23.5 Å². The molecule has 0 aliphatic carbocycles. The van der Waals surface area contributed by atoms with Gasteiger partial charge in [0.05, 0.1) is 7.16 Å². The lowest BCUT2D eigenvalue weighted by atomic mass is 10.4. The normalized spacial score (nSPS) is 24.0. The summed E-state index contributed by atoms with van der Waals surface area (Å²) in [7, 11) is 0. The molecule has 8 heteroatoms. The van der Waals surface area contributed by atoms with Crippen molar-refractivity contribution in [3.05, 3.63) is 17.0 Å². The highest BCUT2D eigenvalue weighted by atomic mass is 127. The minimum absolute atomic E-state index is 0.728. The molecule has 0 aromatic heterocycles. The predicted octanol–water partition coefficient (Wildman–Crippen LogP) is 3.53. The first-order valence-electron chi connectivity index (χ1n) is 3.79. The van der Waals surface area contributed by atoms with Crippen molar-refractivity contribution in [3.63, 3.8) is 0 Å². The van der Waals surface area contributed by atoms with E-state index in [9.17, 15) is 0 Å². The van der Waals surface area contributed by atoms with Crippen molar-refractivity contribution in [3.8, 4) is 12.4 Å². The summed E-state index contributed by atoms with van der Waals surface area (Å²) in [4.78, 5) is 9.62. The van der Waals surface area contributed by atoms with Gasteiger partial charge in [-0.2, -0.15) is 20.5 Å². The third-order valence-corrected chi connectivity index (χ3v) is 7.58. The van der Waals surface area contributed by atoms with Gasteiger partial charge in [-0.15, -0.1) is 0 Å². The summed E-state index contributed by atoms with van der Waals surface area (Å²) < 4.78 is 1.92. The summed E-state index contributed by atoms with van der Waals surface area (Å²) in [6, 6.07) is 0. The summed E-state index contributed by atoms with van der Waals surface area (Å²) >= 11 is 7.24. The topological polar surface area (TPSA) is 72.3 Å². The molecule has 0 unspecified atom stereocenters. The molecular formula is C8I2N4S2. The molecular weight excluding hydrogens is 470 g/mol. The monoisotopic (exact) mass is 470 g/mol. The fourth-order valence-corrected chi connectivity index (χ4v) is 5.65. The Bertz CT molecular complexity index is 522. The van der Waals surface area contributed by atoms with Gasteiger partial charge in [0.1, 0.15) is 10.1 Å². The quantitative estimate of drug-likeness (QED) is 0.402. The average molecular weight is 470 g/mol. The van der Waals surface area contributed by atoms with Crippen LogP contribution >= 0.6 is 68.7 Å². The molecule has 2 heterocycles. The number of rotatable bonds is 0. The molecule has 0 saturated heterocycles. The summed E-state index contributed by atoms with van der Waals surface area (Å²) in [5, 5.41) is 18.5. The lowest BCUT2D eigenvalue weighted by Crippen LogP contribution is -1.89. The molecule has 78 valence electrons. The van der Waals surface area contributed by atoms with E-state index in [0.717, 1.165) is 27.1 Å². The zero-order valence-electron chi connectivity index (χ0n) is 7.36. The van der Waals surface area contributed by atoms with Crippen molar-refractivity contribution >= 4 is 78.8 Å². The van der Waals surface area contributed by atoms with Gasteiger partial charge in [-0.25, -0.2) is 0 Å². The molecule has 2 rings (SSSR count). The minimum Gasteiger partial charge on any atom is -0.170 e. The lowest BCUT2D eigenvalue weighted by Gasteiger charge is -1.95. The van der Waals surface area contributed by atoms with E-state index in [-0.39, 0.29) is 0 Å². The minimum atomic E-state index is 0.728. The second-order valence-electron chi connectivity index (χ2n) is 2.52. The van der Waals surface area contributed by atoms with E-state index in [2.05, 4.69) is 55.2 Å². The van der Waals surface area contributed by atoms with Crippen LogP contribution < -0.4 is 0 Å². The van der Waals surface area contributed by atoms with Crippen molar-refractivity contribution in [1.82, 2.24) is 0 Å². The Hall–Kier alpha value is -0.0400. The summed E-state index contributed by atoms with van der Waals surface area (Å²) in [5.41, 5.74) is 0. The van der Waals surface area contributed by atoms with Crippen molar-refractivity contribution in [2.75, 3.05) is 0 Å². The van der Waals surface area contributed by atoms with Gasteiger partial charge in [-0.3, -0.25) is 0 Å². The summed E-state index contributed by atoms with van der Waals surface area (Å²) in [6.07, 6.45) is 3.58. The van der Waals surface area contributed by atoms with Crippen LogP contribution in [0.25, 0.3) is 0 Å². The number of thioether (sulfide) groups is 2. The van der Waals surface area contributed by atoms with E-state index in [0.29, 0.717) is 0 Å². The van der Waals surface area contributed by atoms with Gasteiger partial charge in [0.2, 0.25) is 12.4 Å². The molecule has 4 nitrogen and oxygen atoms in total. The Morgan fingerprint density at radius 1 is 0.875 bits per heavy atom. The average Bonchev–Trinajstić information content (AvgIpc) is 2.71. The molecule has 0 N–H and O–H groups in total. The van der Waals surface area contributed by atoms with Crippen LogP contribution in [0, 0.1) is 22.9 Å². The maximum Gasteiger partial charge on any atom is 0.206 e. The van der Waals surface area contributed by atoms with Crippen LogP contribution in [0.5, 0.6) is 0 Å². The van der Waals surface area contributed by atoms with Gasteiger partial charge in [-0.05, 0) is 45.2 Å². The number of nitrogens with zero attached hydrogens (tertiary/aromatic N) is 4. The van der Waals surface area contributed by atoms with E-state index in [1.54, 1.807) is 12.4 Å². The Morgan fingerprint density at radius 3 is 1.56 bits per heavy atom. The Balaban J connectivity index is 2.49. The number of hydrogen-bond donors (Lipinski definition) is 0. The Labute approximate surface area is 127 Å². The number of aliphatic imine (C=N–C) groups is 2. The molecule has 0 spiro atoms. The van der Waals surface area contributed by atoms with Crippen molar-refractivity contribution < 1.29 is 0 Å². The Kier molecular flexibility index (Phi) is 3.94. The maximum atomic E-state index is 8.54. The molecule has 0 radical (unpaired) electrons. The van der Waals surface area contributed by atoms with Crippen LogP contribution in [0.3, 0.4) is 0 Å². The first-order chi connectivity index (χ1) is 7.69. The van der Waals surface area contributed by atoms with Crippen LogP contribution in [0.2, 0.25) is 0 Å². The molecule has 2 aliphatic rings. The zero-order chi connectivity index (χ0) is 11.7. The van der Waals surface area contributed by atoms with E-state index < -0.39 is 0 Å². The molecule has 16 heavy (non-hydrogen) atoms. The van der Waals surface area contributed by atoms with Crippen molar-refractivity contribution in [2.24, 2.45) is 9.98 Å². The molecule has 0 amide bonds. The van der Waals surface area contributed by atoms with Gasteiger partial charge in [0.25, 0.3) is 0 Å². The molecule has 0 saturated carbocycles. The first-order valence-corrected chi connectivity index (χ1v) is 7.58. The highest BCUT2D eigenvalue weighted by Gasteiger charge is 2.35. The van der Waals surface area contributed by atoms with Crippen LogP contribution in [0.4, 0.5) is 0 Å². The zero-order valence-corrected chi connectivity index (χ0v) is 13.3. The van der Waals surface area contributed by atoms with Crippen molar-refractivity contribution in [2.45, 2.75) is 0 Å². The van der Waals surface area contributed by atoms with Gasteiger partial charge in [0.15, 0.2) is 0 Å². The van der Waals surface area contributed by atoms with E-state index in [1.165, 1.54) is 23.5 Å². The predicted molar refractivity (Wildman–Crippen MR) is 83.4 cm³/mol. The fourth-order valence-electron chi connectivity index (χ4n) is 1.09. The molecule has 0 atom stereocenters. The van der Waals surface area contributed by atoms with E-state index in [1.807, 2.05) is 0 Å². The second-order valence-corrected chi connectivity index (χ2v) is 6.68. The number of halogens is 2. The fraction of sp³-hybridized carbons (Fsp3) is 0. The lowest BCUT2D eigenvalue weighted by molar-refractivity contribution is 1.45. The maximum absolute atomic E-state index is 8.54. The summed E-state index contributed by atoms with van der Waals surface area (Å²) in [5.74, 6) is 0. The standard InChI is InChI=1S/C8I2N4S2/c9-3-5-6(15-7(3)13-1-11)4(10)8(16-5)14-2-12. The number of hydrogen-bond acceptors (Lipinski definition) is 6. The highest BCUT2D eigenvalue weighted by molar-refractivity contribution is 14.1. The second kappa shape index (κ2) is 5.08. The van der Waals surface area contributed by atoms with E-state index in [4.69, 9.17) is 10.5 Å². The molecule has 2 aliphatic heterocycles. The third kappa shape index (κ3) is 2.03.